The summed E-state index contributed by atoms with van der Waals surface area (Å²) in [6.07, 6.45) is 1.53. The predicted octanol–water partition coefficient (Wildman–Crippen LogP) is 3.00. The van der Waals surface area contributed by atoms with Crippen molar-refractivity contribution in [2.45, 2.75) is 26.4 Å². The van der Waals surface area contributed by atoms with Crippen LogP contribution < -0.4 is 5.32 Å². The summed E-state index contributed by atoms with van der Waals surface area (Å²) in [5.74, 6) is 0.827. The minimum atomic E-state index is 0.250. The maximum atomic E-state index is 8.87. The first-order valence-corrected chi connectivity index (χ1v) is 6.31. The first-order chi connectivity index (χ1) is 9.11. The Morgan fingerprint density at radius 2 is 2.26 bits per heavy atom. The molecule has 0 atom stereocenters. The predicted molar refractivity (Wildman–Crippen MR) is 73.9 cm³/mol. The summed E-state index contributed by atoms with van der Waals surface area (Å²) in [7, 11) is 0. The molecule has 0 spiro atoms. The first kappa shape index (κ1) is 13.4. The Balaban J connectivity index is 2.15. The van der Waals surface area contributed by atoms with Crippen LogP contribution in [0.1, 0.15) is 31.3 Å². The van der Waals surface area contributed by atoms with Crippen molar-refractivity contribution in [3.05, 3.63) is 40.9 Å². The highest BCUT2D eigenvalue weighted by Crippen LogP contribution is 2.23. The summed E-state index contributed by atoms with van der Waals surface area (Å²) >= 11 is 6.08. The summed E-state index contributed by atoms with van der Waals surface area (Å²) < 4.78 is 1.84. The fourth-order valence-electron chi connectivity index (χ4n) is 1.74. The molecule has 1 N–H and O–H groups in total. The molecule has 0 radical (unpaired) electrons. The number of rotatable bonds is 4. The average Bonchev–Trinajstić information content (AvgIpc) is 2.86. The van der Waals surface area contributed by atoms with E-state index < -0.39 is 0 Å². The molecule has 0 aliphatic heterocycles. The number of benzene rings is 1. The van der Waals surface area contributed by atoms with Gasteiger partial charge >= 0.3 is 0 Å². The Morgan fingerprint density at radius 1 is 1.47 bits per heavy atom. The number of nitrogens with zero attached hydrogens (tertiary/aromatic N) is 4. The topological polar surface area (TPSA) is 66.5 Å². The molecule has 1 aromatic carbocycles. The maximum absolute atomic E-state index is 8.87. The fraction of sp³-hybridized carbons (Fsp3) is 0.308. The monoisotopic (exact) mass is 275 g/mol. The second-order valence-corrected chi connectivity index (χ2v) is 4.78. The van der Waals surface area contributed by atoms with Gasteiger partial charge in [-0.15, -0.1) is 0 Å². The van der Waals surface area contributed by atoms with Crippen molar-refractivity contribution in [3.8, 4) is 6.07 Å². The first-order valence-electron chi connectivity index (χ1n) is 5.93. The van der Waals surface area contributed by atoms with Crippen LogP contribution in [0.15, 0.2) is 24.5 Å². The highest BCUT2D eigenvalue weighted by atomic mass is 35.5. The second-order valence-electron chi connectivity index (χ2n) is 4.37. The van der Waals surface area contributed by atoms with Crippen LogP contribution in [0.25, 0.3) is 0 Å². The van der Waals surface area contributed by atoms with E-state index in [9.17, 15) is 0 Å². The van der Waals surface area contributed by atoms with Crippen LogP contribution in [-0.2, 0) is 6.54 Å². The summed E-state index contributed by atoms with van der Waals surface area (Å²) in [6, 6.07) is 7.45. The molecule has 2 aromatic rings. The maximum Gasteiger partial charge on any atom is 0.146 e. The molecule has 0 fully saturated rings. The van der Waals surface area contributed by atoms with Crippen LogP contribution >= 0.6 is 11.6 Å². The molecule has 0 saturated heterocycles. The van der Waals surface area contributed by atoms with E-state index in [4.69, 9.17) is 16.9 Å². The number of hydrogen-bond donors (Lipinski definition) is 1. The van der Waals surface area contributed by atoms with E-state index in [0.717, 1.165) is 11.5 Å². The zero-order valence-corrected chi connectivity index (χ0v) is 11.5. The largest absolute Gasteiger partial charge is 0.377 e. The lowest BCUT2D eigenvalue weighted by atomic mass is 10.2. The summed E-state index contributed by atoms with van der Waals surface area (Å²) in [6.45, 7) is 4.59. The fourth-order valence-corrected chi connectivity index (χ4v) is 1.92. The summed E-state index contributed by atoms with van der Waals surface area (Å²) in [5, 5.41) is 16.8. The molecule has 0 unspecified atom stereocenters. The molecule has 0 saturated carbocycles. The zero-order chi connectivity index (χ0) is 13.8. The van der Waals surface area contributed by atoms with E-state index in [-0.39, 0.29) is 6.04 Å². The van der Waals surface area contributed by atoms with Gasteiger partial charge < -0.3 is 5.32 Å². The van der Waals surface area contributed by atoms with Gasteiger partial charge in [0.05, 0.1) is 28.9 Å². The number of halogens is 1. The smallest absolute Gasteiger partial charge is 0.146 e. The second kappa shape index (κ2) is 5.72. The van der Waals surface area contributed by atoms with Gasteiger partial charge in [-0.1, -0.05) is 11.6 Å². The van der Waals surface area contributed by atoms with Gasteiger partial charge in [0.15, 0.2) is 0 Å². The normalized spacial score (nSPS) is 10.5. The molecule has 0 aliphatic rings. The Bertz CT molecular complexity index is 612. The van der Waals surface area contributed by atoms with Crippen molar-refractivity contribution >= 4 is 17.3 Å². The van der Waals surface area contributed by atoms with Crippen molar-refractivity contribution in [2.24, 2.45) is 0 Å². The van der Waals surface area contributed by atoms with Crippen LogP contribution in [0.4, 0.5) is 5.69 Å². The third-order valence-electron chi connectivity index (χ3n) is 2.67. The van der Waals surface area contributed by atoms with Gasteiger partial charge in [-0.05, 0) is 32.0 Å². The molecule has 0 amide bonds. The van der Waals surface area contributed by atoms with Crippen LogP contribution in [0.3, 0.4) is 0 Å². The molecule has 98 valence electrons. The molecule has 1 aromatic heterocycles. The van der Waals surface area contributed by atoms with E-state index in [1.165, 1.54) is 6.33 Å². The van der Waals surface area contributed by atoms with Gasteiger partial charge in [0.1, 0.15) is 12.2 Å². The van der Waals surface area contributed by atoms with Crippen LogP contribution in [0, 0.1) is 11.3 Å². The van der Waals surface area contributed by atoms with Crippen LogP contribution in [0.5, 0.6) is 0 Å². The van der Waals surface area contributed by atoms with E-state index in [1.807, 2.05) is 18.5 Å². The van der Waals surface area contributed by atoms with E-state index in [0.29, 0.717) is 17.1 Å². The molecule has 19 heavy (non-hydrogen) atoms. The number of anilines is 1. The molecule has 5 nitrogen and oxygen atoms in total. The number of aromatic nitrogens is 3. The Kier molecular flexibility index (Phi) is 4.03. The van der Waals surface area contributed by atoms with Gasteiger partial charge in [-0.2, -0.15) is 10.4 Å². The highest BCUT2D eigenvalue weighted by Gasteiger charge is 2.08. The lowest BCUT2D eigenvalue weighted by Gasteiger charge is -2.11. The molecule has 0 aliphatic carbocycles. The minimum Gasteiger partial charge on any atom is -0.377 e. The Hall–Kier alpha value is -2.06. The van der Waals surface area contributed by atoms with E-state index >= 15 is 0 Å². The van der Waals surface area contributed by atoms with Gasteiger partial charge in [-0.3, -0.25) is 0 Å². The molecular weight excluding hydrogens is 262 g/mol. The van der Waals surface area contributed by atoms with E-state index in [2.05, 4.69) is 21.5 Å². The lowest BCUT2D eigenvalue weighted by molar-refractivity contribution is 0.509. The molecular formula is C13H14ClN5. The van der Waals surface area contributed by atoms with Crippen molar-refractivity contribution < 1.29 is 0 Å². The third kappa shape index (κ3) is 3.04. The lowest BCUT2D eigenvalue weighted by Crippen LogP contribution is -2.12. The highest BCUT2D eigenvalue weighted by molar-refractivity contribution is 6.33. The van der Waals surface area contributed by atoms with Crippen molar-refractivity contribution in [1.29, 1.82) is 5.26 Å². The minimum absolute atomic E-state index is 0.250. The average molecular weight is 276 g/mol. The Labute approximate surface area is 116 Å². The molecule has 2 rings (SSSR count). The van der Waals surface area contributed by atoms with E-state index in [1.54, 1.807) is 18.2 Å². The molecule has 6 heteroatoms. The SMILES string of the molecule is CC(C)n1ncnc1CNc1cc(C#N)ccc1Cl. The number of nitrogens with one attached hydrogen (secondary N) is 1. The molecule has 0 bridgehead atoms. The standard InChI is InChI=1S/C13H14ClN5/c1-9(2)19-13(17-8-18-19)7-16-12-5-10(6-15)3-4-11(12)14/h3-5,8-9,16H,7H2,1-2H3. The van der Waals surface area contributed by atoms with Crippen LogP contribution in [0.2, 0.25) is 5.02 Å². The van der Waals surface area contributed by atoms with Gasteiger partial charge in [0, 0.05) is 6.04 Å². The third-order valence-corrected chi connectivity index (χ3v) is 3.00. The van der Waals surface area contributed by atoms with Crippen molar-refractivity contribution in [1.82, 2.24) is 14.8 Å². The van der Waals surface area contributed by atoms with Crippen molar-refractivity contribution in [2.75, 3.05) is 5.32 Å². The quantitative estimate of drug-likeness (QED) is 0.931. The summed E-state index contributed by atoms with van der Waals surface area (Å²) in [5.41, 5.74) is 1.29. The van der Waals surface area contributed by atoms with Crippen LogP contribution in [-0.4, -0.2) is 14.8 Å². The van der Waals surface area contributed by atoms with Gasteiger partial charge in [-0.25, -0.2) is 9.67 Å². The zero-order valence-electron chi connectivity index (χ0n) is 10.8. The van der Waals surface area contributed by atoms with Gasteiger partial charge in [0.2, 0.25) is 0 Å². The number of nitriles is 1. The Morgan fingerprint density at radius 3 is 2.95 bits per heavy atom. The van der Waals surface area contributed by atoms with Gasteiger partial charge in [0.25, 0.3) is 0 Å². The number of hydrogen-bond acceptors (Lipinski definition) is 4. The van der Waals surface area contributed by atoms with Crippen molar-refractivity contribution in [3.63, 3.8) is 0 Å². The summed E-state index contributed by atoms with van der Waals surface area (Å²) in [4.78, 5) is 4.21. The molecule has 1 heterocycles.